The Morgan fingerprint density at radius 2 is 1.84 bits per heavy atom. The summed E-state index contributed by atoms with van der Waals surface area (Å²) in [5, 5.41) is 3.55. The number of anilines is 1. The number of ether oxygens (including phenoxy) is 1. The zero-order chi connectivity index (χ0) is 22.9. The molecule has 1 aliphatic rings. The molecule has 0 fully saturated rings. The molecule has 1 aromatic heterocycles. The zero-order valence-electron chi connectivity index (χ0n) is 18.6. The predicted molar refractivity (Wildman–Crippen MR) is 135 cm³/mol. The van der Waals surface area contributed by atoms with Gasteiger partial charge in [0.1, 0.15) is 0 Å². The first-order valence-electron chi connectivity index (χ1n) is 10.9. The van der Waals surface area contributed by atoms with Crippen molar-refractivity contribution in [3.63, 3.8) is 0 Å². The normalized spacial score (nSPS) is 15.8. The third-order valence-electron chi connectivity index (χ3n) is 6.15. The molecule has 4 rings (SSSR count). The van der Waals surface area contributed by atoms with Crippen molar-refractivity contribution in [2.75, 3.05) is 11.9 Å². The van der Waals surface area contributed by atoms with E-state index in [1.54, 1.807) is 0 Å². The van der Waals surface area contributed by atoms with E-state index >= 15 is 0 Å². The van der Waals surface area contributed by atoms with Crippen LogP contribution >= 0.6 is 22.6 Å². The van der Waals surface area contributed by atoms with Crippen LogP contribution in [-0.2, 0) is 22.4 Å². The lowest BCUT2D eigenvalue weighted by atomic mass is 9.70. The number of benzene rings is 2. The number of carbonyl (C=O) groups is 2. The van der Waals surface area contributed by atoms with Gasteiger partial charge in [-0.05, 0) is 89.1 Å². The Hall–Kier alpha value is -2.48. The number of carbonyl (C=O) groups excluding carboxylic acids is 2. The average molecular weight is 542 g/mol. The fraction of sp³-hybridized carbons (Fsp3) is 0.346. The van der Waals surface area contributed by atoms with Gasteiger partial charge in [-0.2, -0.15) is 0 Å². The number of esters is 1. The quantitative estimate of drug-likeness (QED) is 0.335. The van der Waals surface area contributed by atoms with Crippen LogP contribution in [0.2, 0.25) is 0 Å². The van der Waals surface area contributed by atoms with Crippen LogP contribution in [0.4, 0.5) is 5.69 Å². The number of pyridine rings is 1. The third kappa shape index (κ3) is 4.95. The summed E-state index contributed by atoms with van der Waals surface area (Å²) < 4.78 is 6.58. The Labute approximate surface area is 202 Å². The van der Waals surface area contributed by atoms with Gasteiger partial charge in [-0.25, -0.2) is 4.79 Å². The van der Waals surface area contributed by atoms with Crippen molar-refractivity contribution >= 4 is 51.1 Å². The van der Waals surface area contributed by atoms with Crippen LogP contribution in [0, 0.1) is 14.9 Å². The van der Waals surface area contributed by atoms with Gasteiger partial charge in [-0.1, -0.05) is 39.0 Å². The van der Waals surface area contributed by atoms with Gasteiger partial charge in [0.15, 0.2) is 6.61 Å². The predicted octanol–water partition coefficient (Wildman–Crippen LogP) is 5.79. The van der Waals surface area contributed by atoms with E-state index in [1.165, 1.54) is 0 Å². The number of hydrogen-bond donors (Lipinski definition) is 1. The molecule has 0 aliphatic heterocycles. The SMILES string of the molecule is CC(C)(C)[C@H]1CCc2nc3ccccc3c(C(=O)OCC(=O)Nc3ccc(I)cc3)c2C1. The number of amides is 1. The minimum absolute atomic E-state index is 0.137. The first-order valence-corrected chi connectivity index (χ1v) is 11.9. The maximum atomic E-state index is 13.3. The number of aryl methyl sites for hydroxylation is 1. The molecule has 1 amide bonds. The first-order chi connectivity index (χ1) is 15.2. The molecule has 166 valence electrons. The number of halogens is 1. The highest BCUT2D eigenvalue weighted by atomic mass is 127. The number of rotatable bonds is 4. The fourth-order valence-electron chi connectivity index (χ4n) is 4.29. The van der Waals surface area contributed by atoms with Crippen molar-refractivity contribution in [2.24, 2.45) is 11.3 Å². The number of nitrogens with zero attached hydrogens (tertiary/aromatic N) is 1. The second-order valence-electron chi connectivity index (χ2n) is 9.37. The Balaban J connectivity index is 1.59. The summed E-state index contributed by atoms with van der Waals surface area (Å²) in [6.45, 7) is 6.39. The highest BCUT2D eigenvalue weighted by molar-refractivity contribution is 14.1. The molecule has 0 saturated heterocycles. The number of aromatic nitrogens is 1. The second-order valence-corrected chi connectivity index (χ2v) is 10.6. The van der Waals surface area contributed by atoms with E-state index in [9.17, 15) is 9.59 Å². The van der Waals surface area contributed by atoms with Gasteiger partial charge in [-0.3, -0.25) is 9.78 Å². The van der Waals surface area contributed by atoms with Crippen LogP contribution in [0.5, 0.6) is 0 Å². The van der Waals surface area contributed by atoms with Crippen molar-refractivity contribution in [1.82, 2.24) is 4.98 Å². The summed E-state index contributed by atoms with van der Waals surface area (Å²) >= 11 is 2.20. The van der Waals surface area contributed by atoms with E-state index in [-0.39, 0.29) is 17.9 Å². The monoisotopic (exact) mass is 542 g/mol. The van der Waals surface area contributed by atoms with E-state index in [4.69, 9.17) is 9.72 Å². The molecule has 1 N–H and O–H groups in total. The molecule has 1 aliphatic carbocycles. The summed E-state index contributed by atoms with van der Waals surface area (Å²) in [7, 11) is 0. The lowest BCUT2D eigenvalue weighted by Crippen LogP contribution is -2.29. The van der Waals surface area contributed by atoms with Gasteiger partial charge < -0.3 is 10.1 Å². The second kappa shape index (κ2) is 9.17. The molecule has 1 atom stereocenters. The molecule has 3 aromatic rings. The minimum Gasteiger partial charge on any atom is -0.452 e. The number of fused-ring (bicyclic) bond motifs is 2. The van der Waals surface area contributed by atoms with Crippen LogP contribution in [0.25, 0.3) is 10.9 Å². The lowest BCUT2D eigenvalue weighted by Gasteiger charge is -2.35. The van der Waals surface area contributed by atoms with E-state index in [1.807, 2.05) is 48.5 Å². The standard InChI is InChI=1S/C26H27IN2O3/c1-26(2,3)16-8-13-22-20(14-16)24(19-6-4-5-7-21(19)29-22)25(31)32-15-23(30)28-18-11-9-17(27)10-12-18/h4-7,9-12,16H,8,13-15H2,1-3H3,(H,28,30)/t16-/m0/s1. The maximum Gasteiger partial charge on any atom is 0.339 e. The number of para-hydroxylation sites is 1. The Morgan fingerprint density at radius 3 is 2.56 bits per heavy atom. The zero-order valence-corrected chi connectivity index (χ0v) is 20.7. The average Bonchev–Trinajstić information content (AvgIpc) is 2.76. The van der Waals surface area contributed by atoms with Gasteiger partial charge in [0.25, 0.3) is 5.91 Å². The Bertz CT molecular complexity index is 1170. The van der Waals surface area contributed by atoms with E-state index in [0.29, 0.717) is 17.2 Å². The van der Waals surface area contributed by atoms with E-state index in [0.717, 1.165) is 45.0 Å². The van der Waals surface area contributed by atoms with Crippen LogP contribution in [0.15, 0.2) is 48.5 Å². The topological polar surface area (TPSA) is 68.3 Å². The van der Waals surface area contributed by atoms with Crippen molar-refractivity contribution in [3.05, 3.63) is 68.9 Å². The largest absolute Gasteiger partial charge is 0.452 e. The summed E-state index contributed by atoms with van der Waals surface area (Å²) in [5.41, 5.74) is 4.10. The van der Waals surface area contributed by atoms with Crippen molar-refractivity contribution in [1.29, 1.82) is 0 Å². The van der Waals surface area contributed by atoms with Crippen molar-refractivity contribution in [2.45, 2.75) is 40.0 Å². The van der Waals surface area contributed by atoms with Crippen molar-refractivity contribution in [3.8, 4) is 0 Å². The van der Waals surface area contributed by atoms with E-state index < -0.39 is 5.97 Å². The number of nitrogens with one attached hydrogen (secondary N) is 1. The Kier molecular flexibility index (Phi) is 6.51. The summed E-state index contributed by atoms with van der Waals surface area (Å²) in [4.78, 5) is 30.5. The molecule has 2 aromatic carbocycles. The molecule has 0 bridgehead atoms. The molecular weight excluding hydrogens is 515 g/mol. The first kappa shape index (κ1) is 22.7. The number of hydrogen-bond acceptors (Lipinski definition) is 4. The van der Waals surface area contributed by atoms with Gasteiger partial charge >= 0.3 is 5.97 Å². The molecule has 6 heteroatoms. The lowest BCUT2D eigenvalue weighted by molar-refractivity contribution is -0.119. The Morgan fingerprint density at radius 1 is 1.12 bits per heavy atom. The maximum absolute atomic E-state index is 13.3. The van der Waals surface area contributed by atoms with Crippen LogP contribution in [-0.4, -0.2) is 23.5 Å². The third-order valence-corrected chi connectivity index (χ3v) is 6.87. The molecular formula is C26H27IN2O3. The highest BCUT2D eigenvalue weighted by Crippen LogP contribution is 2.39. The van der Waals surface area contributed by atoms with Crippen LogP contribution in [0.3, 0.4) is 0 Å². The van der Waals surface area contributed by atoms with E-state index in [2.05, 4.69) is 48.7 Å². The molecule has 0 saturated carbocycles. The van der Waals surface area contributed by atoms with Crippen LogP contribution in [0.1, 0.15) is 48.8 Å². The molecule has 0 spiro atoms. The van der Waals surface area contributed by atoms with Gasteiger partial charge in [0, 0.05) is 20.3 Å². The minimum atomic E-state index is -0.466. The smallest absolute Gasteiger partial charge is 0.339 e. The molecule has 0 radical (unpaired) electrons. The van der Waals surface area contributed by atoms with Crippen molar-refractivity contribution < 1.29 is 14.3 Å². The molecule has 0 unspecified atom stereocenters. The van der Waals surface area contributed by atoms with Crippen LogP contribution < -0.4 is 5.32 Å². The molecule has 5 nitrogen and oxygen atoms in total. The summed E-state index contributed by atoms with van der Waals surface area (Å²) in [5.74, 6) is -0.375. The summed E-state index contributed by atoms with van der Waals surface area (Å²) in [6.07, 6.45) is 2.68. The van der Waals surface area contributed by atoms with Gasteiger partial charge in [0.2, 0.25) is 0 Å². The fourth-order valence-corrected chi connectivity index (χ4v) is 4.65. The summed E-state index contributed by atoms with van der Waals surface area (Å²) in [6, 6.07) is 15.1. The molecule has 32 heavy (non-hydrogen) atoms. The highest BCUT2D eigenvalue weighted by Gasteiger charge is 2.33. The molecule has 1 heterocycles. The van der Waals surface area contributed by atoms with Gasteiger partial charge in [-0.15, -0.1) is 0 Å². The van der Waals surface area contributed by atoms with Gasteiger partial charge in [0.05, 0.1) is 11.1 Å².